The summed E-state index contributed by atoms with van der Waals surface area (Å²) in [5, 5.41) is 31.1. The number of rotatable bonds is 12. The van der Waals surface area contributed by atoms with Crippen molar-refractivity contribution in [3.8, 4) is 61.8 Å². The molecule has 0 spiro atoms. The van der Waals surface area contributed by atoms with E-state index in [2.05, 4.69) is 30.3 Å². The normalized spacial score (nSPS) is 18.2. The van der Waals surface area contributed by atoms with Crippen LogP contribution in [0.1, 0.15) is 6.42 Å². The van der Waals surface area contributed by atoms with E-state index in [1.54, 1.807) is 88.8 Å². The number of carbonyl (C=O) groups is 1. The molecule has 16 nitrogen and oxygen atoms in total. The lowest BCUT2D eigenvalue weighted by molar-refractivity contribution is 0.122. The van der Waals surface area contributed by atoms with Gasteiger partial charge in [-0.2, -0.15) is 0 Å². The lowest BCUT2D eigenvalue weighted by Crippen LogP contribution is -2.54. The number of morpholine rings is 1. The van der Waals surface area contributed by atoms with Gasteiger partial charge in [-0.05, 0) is 85.3 Å². The smallest absolute Gasteiger partial charge is 0.332 e. The van der Waals surface area contributed by atoms with Gasteiger partial charge in [0.2, 0.25) is 0 Å². The molecule has 0 radical (unpaired) electrons. The summed E-state index contributed by atoms with van der Waals surface area (Å²) >= 11 is 13.7. The van der Waals surface area contributed by atoms with Gasteiger partial charge in [-0.1, -0.05) is 35.3 Å². The van der Waals surface area contributed by atoms with Crippen molar-refractivity contribution in [2.45, 2.75) is 25.0 Å². The van der Waals surface area contributed by atoms with Gasteiger partial charge in [0.1, 0.15) is 23.1 Å². The number of aromatic nitrogens is 4. The van der Waals surface area contributed by atoms with E-state index < -0.39 is 11.6 Å². The molecule has 3 aromatic heterocycles. The molecule has 0 aliphatic carbocycles. The van der Waals surface area contributed by atoms with Crippen molar-refractivity contribution in [2.75, 3.05) is 106 Å². The minimum atomic E-state index is -0.604. The number of hydrogen-bond acceptors (Lipinski definition) is 12. The highest BCUT2D eigenvalue weighted by Crippen LogP contribution is 2.45. The average Bonchev–Trinajstić information content (AvgIpc) is 4.15. The van der Waals surface area contributed by atoms with E-state index in [1.165, 1.54) is 28.8 Å². The summed E-state index contributed by atoms with van der Waals surface area (Å²) in [6.07, 6.45) is 9.40. The van der Waals surface area contributed by atoms with Gasteiger partial charge in [0.15, 0.2) is 0 Å². The number of nitrogens with one attached hydrogen (secondary N) is 2. The Labute approximate surface area is 441 Å². The highest BCUT2D eigenvalue weighted by atomic mass is 35.5. The second-order valence-electron chi connectivity index (χ2n) is 19.4. The maximum Gasteiger partial charge on any atom is 0.332 e. The molecule has 7 aromatic rings. The monoisotopic (exact) mass is 1060 g/mol. The molecule has 4 saturated heterocycles. The maximum absolute atomic E-state index is 16.0. The van der Waals surface area contributed by atoms with Gasteiger partial charge in [0.25, 0.3) is 0 Å². The van der Waals surface area contributed by atoms with Crippen LogP contribution in [0.4, 0.5) is 36.3 Å². The number of pyridine rings is 2. The molecular formula is C55H55Cl2F2N11O5. The average molecular weight is 1060 g/mol. The molecule has 4 aliphatic heterocycles. The fourth-order valence-corrected chi connectivity index (χ4v) is 11.3. The second-order valence-corrected chi connectivity index (χ2v) is 20.2. The SMILES string of the molecule is CN[C@H]1CCN(c2cncc(-c3cc(F)cc(-c4ccc(-n5ccn(CC6CNCCN6c6cc(N7CCOCC7)cnc6-c6cc(F)cc(-c7ccc(N8CCN(C)C8=O)c(Cl)c7)c6O)c5=O)c(Cl)c4)c3O)c2)C1. The first-order valence-corrected chi connectivity index (χ1v) is 25.7. The molecule has 11 rings (SSSR count). The number of carbonyl (C=O) groups excluding carboxylic acids is 1. The number of halogens is 4. The van der Waals surface area contributed by atoms with Gasteiger partial charge < -0.3 is 45.2 Å². The first-order chi connectivity index (χ1) is 36.3. The Bertz CT molecular complexity index is 3390. The van der Waals surface area contributed by atoms with Crippen molar-refractivity contribution >= 4 is 52.0 Å². The van der Waals surface area contributed by atoms with Crippen molar-refractivity contribution in [2.24, 2.45) is 0 Å². The third-order valence-electron chi connectivity index (χ3n) is 14.8. The number of ether oxygens (including phenoxy) is 1. The van der Waals surface area contributed by atoms with Crippen LogP contribution in [0.25, 0.3) is 50.3 Å². The minimum Gasteiger partial charge on any atom is -0.507 e. The largest absolute Gasteiger partial charge is 0.507 e. The first-order valence-electron chi connectivity index (χ1n) is 25.0. The lowest BCUT2D eigenvalue weighted by Gasteiger charge is -2.39. The number of imidazole rings is 1. The molecule has 2 amide bonds. The number of nitrogens with zero attached hydrogens (tertiary/aromatic N) is 9. The molecule has 4 fully saturated rings. The van der Waals surface area contributed by atoms with E-state index in [0.29, 0.717) is 105 Å². The summed E-state index contributed by atoms with van der Waals surface area (Å²) in [6.45, 7) is 6.80. The topological polar surface area (TPSA) is 160 Å². The zero-order chi connectivity index (χ0) is 52.1. The number of phenolic OH excluding ortho intramolecular Hbond substituents is 2. The van der Waals surface area contributed by atoms with E-state index in [4.69, 9.17) is 32.9 Å². The second kappa shape index (κ2) is 20.8. The van der Waals surface area contributed by atoms with Crippen LogP contribution in [-0.2, 0) is 11.3 Å². The van der Waals surface area contributed by atoms with Crippen LogP contribution in [0.3, 0.4) is 0 Å². The van der Waals surface area contributed by atoms with Crippen LogP contribution < -0.4 is 35.9 Å². The van der Waals surface area contributed by atoms with Gasteiger partial charge in [-0.15, -0.1) is 0 Å². The van der Waals surface area contributed by atoms with Gasteiger partial charge in [-0.3, -0.25) is 24.0 Å². The Morgan fingerprint density at radius 3 is 2.07 bits per heavy atom. The predicted molar refractivity (Wildman–Crippen MR) is 289 cm³/mol. The maximum atomic E-state index is 16.0. The number of piperazine rings is 1. The molecule has 1 unspecified atom stereocenters. The summed E-state index contributed by atoms with van der Waals surface area (Å²) in [5.74, 6) is -1.49. The molecule has 388 valence electrons. The molecular weight excluding hydrogens is 1000 g/mol. The Morgan fingerprint density at radius 1 is 0.733 bits per heavy atom. The number of phenols is 2. The number of amides is 2. The molecule has 20 heteroatoms. The van der Waals surface area contributed by atoms with Gasteiger partial charge in [0, 0.05) is 125 Å². The van der Waals surface area contributed by atoms with Crippen LogP contribution in [-0.4, -0.2) is 139 Å². The summed E-state index contributed by atoms with van der Waals surface area (Å²) in [7, 11) is 3.66. The Balaban J connectivity index is 0.892. The fourth-order valence-electron chi connectivity index (χ4n) is 10.7. The van der Waals surface area contributed by atoms with Crippen LogP contribution in [0, 0.1) is 11.6 Å². The molecule has 0 bridgehead atoms. The highest BCUT2D eigenvalue weighted by molar-refractivity contribution is 6.34. The Hall–Kier alpha value is -7.22. The quantitative estimate of drug-likeness (QED) is 0.0934. The summed E-state index contributed by atoms with van der Waals surface area (Å²) in [6, 6.07) is 18.8. The molecule has 4 aliphatic rings. The minimum absolute atomic E-state index is 0.134. The van der Waals surface area contributed by atoms with Crippen molar-refractivity contribution in [3.63, 3.8) is 0 Å². The van der Waals surface area contributed by atoms with Crippen LogP contribution in [0.15, 0.2) is 109 Å². The highest BCUT2D eigenvalue weighted by Gasteiger charge is 2.32. The van der Waals surface area contributed by atoms with Crippen molar-refractivity contribution < 1.29 is 28.5 Å². The van der Waals surface area contributed by atoms with E-state index in [9.17, 15) is 19.8 Å². The van der Waals surface area contributed by atoms with Crippen molar-refractivity contribution in [3.05, 3.63) is 136 Å². The van der Waals surface area contributed by atoms with Gasteiger partial charge in [-0.25, -0.2) is 18.4 Å². The Kier molecular flexibility index (Phi) is 13.9. The van der Waals surface area contributed by atoms with Crippen LogP contribution in [0.2, 0.25) is 10.0 Å². The fraction of sp³-hybridized carbons (Fsp3) is 0.309. The summed E-state index contributed by atoms with van der Waals surface area (Å²) < 4.78 is 40.1. The van der Waals surface area contributed by atoms with E-state index in [1.807, 2.05) is 19.2 Å². The molecule has 7 heterocycles. The molecule has 4 aromatic carbocycles. The third kappa shape index (κ3) is 9.72. The molecule has 2 atom stereocenters. The van der Waals surface area contributed by atoms with Crippen LogP contribution in [0.5, 0.6) is 11.5 Å². The van der Waals surface area contributed by atoms with E-state index >= 15 is 8.78 Å². The number of likely N-dealkylation sites (N-methyl/N-ethyl adjacent to an activating group) is 2. The molecule has 75 heavy (non-hydrogen) atoms. The standard InChI is InChI=1S/C55H55Cl2F2N11O5/c1-60-38-7-9-66(31-38)39-19-35(27-62-28-39)44-24-36(58)22-42(52(44)71)33-4-6-49(47(57)20-33)70-14-12-67(55(70)74)32-41-29-61-8-10-68(41)50-26-40(65-15-17-75-18-16-65)30-63-51(50)45-25-37(59)23-43(53(45)72)34-3-5-48(46(56)21-34)69-13-11-64(2)54(69)73/h3-6,12,14,19-28,30,38,41,60-61,71-72H,7-11,13,15-18,29,31-32H2,1-2H3/t38-,41?/m0/s1. The Morgan fingerprint density at radius 2 is 1.40 bits per heavy atom. The number of benzene rings is 4. The lowest BCUT2D eigenvalue weighted by atomic mass is 9.97. The summed E-state index contributed by atoms with van der Waals surface area (Å²) in [4.78, 5) is 46.3. The van der Waals surface area contributed by atoms with Gasteiger partial charge >= 0.3 is 11.7 Å². The number of hydrogen-bond donors (Lipinski definition) is 4. The van der Waals surface area contributed by atoms with Crippen molar-refractivity contribution in [1.82, 2.24) is 34.6 Å². The number of urea groups is 1. The molecule has 4 N–H and O–H groups in total. The van der Waals surface area contributed by atoms with Gasteiger partial charge in [0.05, 0.1) is 75.8 Å². The van der Waals surface area contributed by atoms with Crippen molar-refractivity contribution in [1.29, 1.82) is 0 Å². The zero-order valence-corrected chi connectivity index (χ0v) is 42.8. The molecule has 0 saturated carbocycles. The first kappa shape index (κ1) is 50.0. The predicted octanol–water partition coefficient (Wildman–Crippen LogP) is 8.08. The third-order valence-corrected chi connectivity index (χ3v) is 15.4. The van der Waals surface area contributed by atoms with E-state index in [0.717, 1.165) is 30.9 Å². The number of aromatic hydroxyl groups is 2. The summed E-state index contributed by atoms with van der Waals surface area (Å²) in [5.41, 5.74) is 5.55. The van der Waals surface area contributed by atoms with E-state index in [-0.39, 0.29) is 68.1 Å². The van der Waals surface area contributed by atoms with Crippen LogP contribution >= 0.6 is 23.2 Å². The zero-order valence-electron chi connectivity index (χ0n) is 41.3. The number of anilines is 4.